The van der Waals surface area contributed by atoms with Crippen molar-refractivity contribution in [2.24, 2.45) is 0 Å². The summed E-state index contributed by atoms with van der Waals surface area (Å²) in [4.78, 5) is 26.6. The van der Waals surface area contributed by atoms with E-state index in [4.69, 9.17) is 14.2 Å². The van der Waals surface area contributed by atoms with Crippen molar-refractivity contribution in [1.29, 1.82) is 0 Å². The van der Waals surface area contributed by atoms with Crippen molar-refractivity contribution in [3.8, 4) is 0 Å². The lowest BCUT2D eigenvalue weighted by molar-refractivity contribution is -0.305. The summed E-state index contributed by atoms with van der Waals surface area (Å²) >= 11 is 0. The normalized spacial score (nSPS) is 19.0. The molecule has 8 unspecified atom stereocenters. The highest BCUT2D eigenvalue weighted by molar-refractivity contribution is 5.80. The summed E-state index contributed by atoms with van der Waals surface area (Å²) in [7, 11) is 0. The van der Waals surface area contributed by atoms with Gasteiger partial charge in [-0.15, -0.1) is 0 Å². The Labute approximate surface area is 520 Å². The second-order valence-electron chi connectivity index (χ2n) is 23.9. The topological polar surface area (TPSA) is 175 Å². The number of allylic oxidation sites excluding steroid dienone is 15. The molecule has 1 saturated heterocycles. The molecule has 0 radical (unpaired) electrons. The van der Waals surface area contributed by atoms with Gasteiger partial charge in [-0.05, 0) is 96.3 Å². The zero-order chi connectivity index (χ0) is 61.7. The zero-order valence-electron chi connectivity index (χ0n) is 54.5. The van der Waals surface area contributed by atoms with E-state index < -0.39 is 67.4 Å². The van der Waals surface area contributed by atoms with Crippen molar-refractivity contribution in [3.05, 3.63) is 97.2 Å². The van der Waals surface area contributed by atoms with Crippen LogP contribution in [0.5, 0.6) is 0 Å². The standard InChI is InChI=1S/C74H129NO10/c1-4-7-10-13-16-19-22-25-27-29-30-31-32-33-34-35-36-37-38-39-41-44-47-50-53-56-59-62-69(79)85-72-71(81)70(80)68(63-76)84-74(72)83-64-65(66(77)60-57-54-51-48-45-42-24-21-18-15-12-9-6-3)75-73(82)67(78)61-58-55-52-49-46-43-40-28-26-23-20-17-14-11-8-5-2/h8,11,16-17,19-20,25-28,43,46,52,55,57,60,65-68,70-72,74,76-78,80-81H,4-7,9-10,12-15,18,21-24,29-42,44-45,47-51,53-54,56,58-59,61-64H2,1-3H3,(H,75,82)/b11-8-,19-16-,20-17-,27-25-,28-26-,46-43-,55-52-,60-57+. The van der Waals surface area contributed by atoms with E-state index in [0.29, 0.717) is 12.8 Å². The number of rotatable bonds is 59. The SMILES string of the molecule is CC/C=C\C/C=C\C/C=C\C/C=C\C/C=C\CCC(O)C(=O)NC(COC1OC(CO)C(O)C(O)C1OC(=O)CCCCCCCCCCCCCCCCCCC/C=C\C/C=C\CCCCC)C(O)/C=C/CCCCCCCCCCCCC. The lowest BCUT2D eigenvalue weighted by atomic mass is 9.99. The molecule has 0 aromatic rings. The van der Waals surface area contributed by atoms with Crippen LogP contribution in [0.3, 0.4) is 0 Å². The van der Waals surface area contributed by atoms with Gasteiger partial charge in [0, 0.05) is 6.42 Å². The molecule has 85 heavy (non-hydrogen) atoms. The Morgan fingerprint density at radius 2 is 0.847 bits per heavy atom. The van der Waals surface area contributed by atoms with Gasteiger partial charge in [-0.1, -0.05) is 291 Å². The molecule has 1 aliphatic heterocycles. The second kappa shape index (κ2) is 60.8. The molecule has 1 amide bonds. The lowest BCUT2D eigenvalue weighted by Gasteiger charge is -2.41. The van der Waals surface area contributed by atoms with Gasteiger partial charge in [0.25, 0.3) is 0 Å². The highest BCUT2D eigenvalue weighted by Gasteiger charge is 2.47. The Balaban J connectivity index is 2.58. The summed E-state index contributed by atoms with van der Waals surface area (Å²) in [5.41, 5.74) is 0. The van der Waals surface area contributed by atoms with Gasteiger partial charge in [-0.3, -0.25) is 9.59 Å². The second-order valence-corrected chi connectivity index (χ2v) is 23.9. The van der Waals surface area contributed by atoms with Crippen molar-refractivity contribution in [2.45, 2.75) is 346 Å². The van der Waals surface area contributed by atoms with Gasteiger partial charge in [0.1, 0.15) is 24.4 Å². The number of aliphatic hydroxyl groups excluding tert-OH is 5. The summed E-state index contributed by atoms with van der Waals surface area (Å²) in [6.45, 7) is 5.64. The molecule has 0 aromatic heterocycles. The van der Waals surface area contributed by atoms with E-state index >= 15 is 0 Å². The maximum absolute atomic E-state index is 13.4. The predicted molar refractivity (Wildman–Crippen MR) is 356 cm³/mol. The third-order valence-electron chi connectivity index (χ3n) is 16.0. The summed E-state index contributed by atoms with van der Waals surface area (Å²) in [6, 6.07) is -1.06. The number of amides is 1. The Kier molecular flexibility index (Phi) is 57.0. The first kappa shape index (κ1) is 79.6. The molecule has 11 nitrogen and oxygen atoms in total. The van der Waals surface area contributed by atoms with Crippen LogP contribution in [-0.2, 0) is 23.8 Å². The molecule has 8 atom stereocenters. The minimum Gasteiger partial charge on any atom is -0.454 e. The number of hydrogen-bond acceptors (Lipinski definition) is 10. The molecule has 0 saturated carbocycles. The Morgan fingerprint density at radius 3 is 1.29 bits per heavy atom. The first-order valence-corrected chi connectivity index (χ1v) is 35.0. The van der Waals surface area contributed by atoms with E-state index in [1.54, 1.807) is 6.08 Å². The van der Waals surface area contributed by atoms with Crippen LogP contribution in [0.25, 0.3) is 0 Å². The van der Waals surface area contributed by atoms with E-state index in [9.17, 15) is 35.1 Å². The van der Waals surface area contributed by atoms with Crippen LogP contribution >= 0.6 is 0 Å². The van der Waals surface area contributed by atoms with E-state index in [0.717, 1.165) is 83.5 Å². The fourth-order valence-electron chi connectivity index (χ4n) is 10.5. The monoisotopic (exact) mass is 1190 g/mol. The summed E-state index contributed by atoms with van der Waals surface area (Å²) in [5.74, 6) is -1.25. The first-order chi connectivity index (χ1) is 41.7. The number of esters is 1. The largest absolute Gasteiger partial charge is 0.454 e. The van der Waals surface area contributed by atoms with Crippen LogP contribution < -0.4 is 5.32 Å². The van der Waals surface area contributed by atoms with E-state index in [2.05, 4.69) is 99.0 Å². The molecule has 1 aliphatic rings. The average molecular weight is 1190 g/mol. The Morgan fingerprint density at radius 1 is 0.471 bits per heavy atom. The average Bonchev–Trinajstić information content (AvgIpc) is 3.13. The molecule has 0 spiro atoms. The molecule has 1 rings (SSSR count). The van der Waals surface area contributed by atoms with Gasteiger partial charge >= 0.3 is 5.97 Å². The number of hydrogen-bond donors (Lipinski definition) is 6. The quantitative estimate of drug-likeness (QED) is 0.0195. The Hall–Kier alpha value is -3.42. The van der Waals surface area contributed by atoms with Crippen LogP contribution in [0.2, 0.25) is 0 Å². The molecule has 1 heterocycles. The molecule has 0 aromatic carbocycles. The summed E-state index contributed by atoms with van der Waals surface area (Å²) in [6.07, 6.45) is 71.8. The highest BCUT2D eigenvalue weighted by atomic mass is 16.7. The number of nitrogens with one attached hydrogen (secondary N) is 1. The molecule has 490 valence electrons. The molecule has 0 aliphatic carbocycles. The number of aliphatic hydroxyl groups is 5. The lowest BCUT2D eigenvalue weighted by Crippen LogP contribution is -2.61. The smallest absolute Gasteiger partial charge is 0.306 e. The number of carbonyl (C=O) groups excluding carboxylic acids is 2. The number of carbonyl (C=O) groups is 2. The molecule has 11 heteroatoms. The molecule has 1 fully saturated rings. The predicted octanol–water partition coefficient (Wildman–Crippen LogP) is 17.8. The van der Waals surface area contributed by atoms with Crippen LogP contribution in [0, 0.1) is 0 Å². The van der Waals surface area contributed by atoms with Gasteiger partial charge in [0.05, 0.1) is 25.4 Å². The van der Waals surface area contributed by atoms with E-state index in [-0.39, 0.29) is 19.4 Å². The van der Waals surface area contributed by atoms with Crippen molar-refractivity contribution < 1.29 is 49.3 Å². The van der Waals surface area contributed by atoms with Crippen molar-refractivity contribution in [1.82, 2.24) is 5.32 Å². The number of ether oxygens (including phenoxy) is 3. The van der Waals surface area contributed by atoms with E-state index in [1.807, 2.05) is 18.2 Å². The molecular weight excluding hydrogens is 1060 g/mol. The van der Waals surface area contributed by atoms with Crippen LogP contribution in [0.4, 0.5) is 0 Å². The fraction of sp³-hybridized carbons (Fsp3) is 0.757. The van der Waals surface area contributed by atoms with Gasteiger partial charge in [0.2, 0.25) is 5.91 Å². The van der Waals surface area contributed by atoms with Crippen molar-refractivity contribution in [3.63, 3.8) is 0 Å². The minimum absolute atomic E-state index is 0.115. The molecule has 0 bridgehead atoms. The fourth-order valence-corrected chi connectivity index (χ4v) is 10.5. The third kappa shape index (κ3) is 48.2. The highest BCUT2D eigenvalue weighted by Crippen LogP contribution is 2.26. The maximum Gasteiger partial charge on any atom is 0.306 e. The molecule has 6 N–H and O–H groups in total. The molecular formula is C74H129NO10. The first-order valence-electron chi connectivity index (χ1n) is 35.0. The summed E-state index contributed by atoms with van der Waals surface area (Å²) < 4.78 is 17.7. The Bertz CT molecular complexity index is 1750. The van der Waals surface area contributed by atoms with E-state index in [1.165, 1.54) is 167 Å². The zero-order valence-corrected chi connectivity index (χ0v) is 54.5. The van der Waals surface area contributed by atoms with Gasteiger partial charge < -0.3 is 45.1 Å². The number of unbranched alkanes of at least 4 members (excludes halogenated alkanes) is 31. The van der Waals surface area contributed by atoms with Gasteiger partial charge in [0.15, 0.2) is 12.4 Å². The van der Waals surface area contributed by atoms with Gasteiger partial charge in [-0.25, -0.2) is 0 Å². The minimum atomic E-state index is -1.63. The third-order valence-corrected chi connectivity index (χ3v) is 16.0. The van der Waals surface area contributed by atoms with Gasteiger partial charge in [-0.2, -0.15) is 0 Å². The van der Waals surface area contributed by atoms with Crippen molar-refractivity contribution in [2.75, 3.05) is 13.2 Å². The van der Waals surface area contributed by atoms with Crippen LogP contribution in [0.1, 0.15) is 297 Å². The summed E-state index contributed by atoms with van der Waals surface area (Å²) in [5, 5.41) is 57.1. The maximum atomic E-state index is 13.4. The van der Waals surface area contributed by atoms with Crippen LogP contribution in [-0.4, -0.2) is 99.6 Å². The van der Waals surface area contributed by atoms with Crippen LogP contribution in [0.15, 0.2) is 97.2 Å². The van der Waals surface area contributed by atoms with Crippen molar-refractivity contribution >= 4 is 11.9 Å².